The molecule has 1 saturated heterocycles. The number of alkyl halides is 1. The summed E-state index contributed by atoms with van der Waals surface area (Å²) in [4.78, 5) is 35.9. The van der Waals surface area contributed by atoms with Gasteiger partial charge in [-0.05, 0) is 54.8 Å². The van der Waals surface area contributed by atoms with Crippen LogP contribution >= 0.6 is 11.6 Å². The van der Waals surface area contributed by atoms with Crippen molar-refractivity contribution in [3.05, 3.63) is 87.5 Å². The smallest absolute Gasteiger partial charge is 0.257 e. The molecule has 1 aromatic carbocycles. The summed E-state index contributed by atoms with van der Waals surface area (Å²) in [5.41, 5.74) is 2.03. The highest BCUT2D eigenvalue weighted by atomic mass is 35.5. The number of hydrogen-bond acceptors (Lipinski definition) is 5. The van der Waals surface area contributed by atoms with Crippen LogP contribution in [0.1, 0.15) is 103 Å². The van der Waals surface area contributed by atoms with E-state index in [0.29, 0.717) is 28.8 Å². The molecule has 0 spiro atoms. The summed E-state index contributed by atoms with van der Waals surface area (Å²) in [7, 11) is 0. The molecule has 2 amide bonds. The number of piperidine rings is 1. The highest BCUT2D eigenvalue weighted by Crippen LogP contribution is 2.36. The van der Waals surface area contributed by atoms with Crippen molar-refractivity contribution in [3.63, 3.8) is 0 Å². The van der Waals surface area contributed by atoms with Gasteiger partial charge in [0.05, 0.1) is 16.8 Å². The van der Waals surface area contributed by atoms with E-state index < -0.39 is 5.67 Å². The summed E-state index contributed by atoms with van der Waals surface area (Å²) in [5.74, 6) is -0.570. The van der Waals surface area contributed by atoms with E-state index in [0.717, 1.165) is 11.1 Å². The number of carbonyl (C=O) groups excluding carboxylic acids is 2. The van der Waals surface area contributed by atoms with E-state index in [2.05, 4.69) is 29.1 Å². The first kappa shape index (κ1) is 34.4. The lowest BCUT2D eigenvalue weighted by molar-refractivity contribution is 0.0402. The zero-order valence-corrected chi connectivity index (χ0v) is 26.2. The highest BCUT2D eigenvalue weighted by Gasteiger charge is 2.39. The fraction of sp³-hybridized carbons (Fsp3) is 0.424. The first-order valence-electron chi connectivity index (χ1n) is 14.6. The van der Waals surface area contributed by atoms with Crippen molar-refractivity contribution in [2.75, 3.05) is 18.4 Å². The van der Waals surface area contributed by atoms with E-state index in [-0.39, 0.29) is 48.6 Å². The summed E-state index contributed by atoms with van der Waals surface area (Å²) in [6.45, 7) is 12.6. The molecule has 0 bridgehead atoms. The quantitative estimate of drug-likeness (QED) is 0.291. The third-order valence-electron chi connectivity index (χ3n) is 6.99. The number of unbranched alkanes of at least 4 members (excludes halogenated alkanes) is 1. The van der Waals surface area contributed by atoms with Crippen molar-refractivity contribution < 1.29 is 14.0 Å². The Balaban J connectivity index is 0.000000947. The summed E-state index contributed by atoms with van der Waals surface area (Å²) < 4.78 is 15.6. The maximum atomic E-state index is 15.6. The molecule has 2 aromatic heterocycles. The molecule has 0 unspecified atom stereocenters. The van der Waals surface area contributed by atoms with Crippen LogP contribution < -0.4 is 5.32 Å². The molecule has 224 valence electrons. The number of likely N-dealkylation sites (tertiary alicyclic amines) is 1. The van der Waals surface area contributed by atoms with Gasteiger partial charge < -0.3 is 10.2 Å². The lowest BCUT2D eigenvalue weighted by Gasteiger charge is -2.36. The summed E-state index contributed by atoms with van der Waals surface area (Å²) >= 11 is 5.81. The first-order valence-corrected chi connectivity index (χ1v) is 14.9. The van der Waals surface area contributed by atoms with E-state index in [1.807, 2.05) is 39.8 Å². The van der Waals surface area contributed by atoms with Crippen LogP contribution in [0.25, 0.3) is 0 Å². The number of nitriles is 1. The normalized spacial score (nSPS) is 13.5. The van der Waals surface area contributed by atoms with E-state index in [4.69, 9.17) is 16.9 Å². The number of benzene rings is 1. The SMILES string of the molecule is CC.CCCC.CCc1cc(C)c(C(=O)N2CCC(F)(c3ccc(C#N)cn3)CC2)cc1NC(=O)c1ccc(Cl)nc1. The summed E-state index contributed by atoms with van der Waals surface area (Å²) in [5, 5.41) is 12.1. The molecular weight excluding hydrogens is 553 g/mol. The molecule has 0 atom stereocenters. The second kappa shape index (κ2) is 16.6. The molecule has 9 heteroatoms. The number of amides is 2. The molecule has 1 fully saturated rings. The third-order valence-corrected chi connectivity index (χ3v) is 7.22. The Kier molecular flexibility index (Phi) is 13.6. The van der Waals surface area contributed by atoms with Gasteiger partial charge in [0.1, 0.15) is 11.2 Å². The van der Waals surface area contributed by atoms with E-state index in [1.165, 1.54) is 37.4 Å². The van der Waals surface area contributed by atoms with Crippen LogP contribution in [0.5, 0.6) is 0 Å². The van der Waals surface area contributed by atoms with E-state index in [9.17, 15) is 9.59 Å². The second-order valence-electron chi connectivity index (χ2n) is 9.80. The largest absolute Gasteiger partial charge is 0.338 e. The number of aromatic nitrogens is 2. The minimum absolute atomic E-state index is 0.108. The molecule has 1 aliphatic heterocycles. The molecule has 1 N–H and O–H groups in total. The maximum Gasteiger partial charge on any atom is 0.257 e. The third kappa shape index (κ3) is 8.83. The summed E-state index contributed by atoms with van der Waals surface area (Å²) in [6.07, 6.45) is 6.27. The zero-order chi connectivity index (χ0) is 31.3. The Hall–Kier alpha value is -3.83. The molecule has 3 aromatic rings. The number of aryl methyl sites for hydroxylation is 2. The average Bonchev–Trinajstić information content (AvgIpc) is 3.03. The van der Waals surface area contributed by atoms with Crippen molar-refractivity contribution in [3.8, 4) is 6.07 Å². The number of nitrogens with zero attached hydrogens (tertiary/aromatic N) is 4. The van der Waals surface area contributed by atoms with Crippen LogP contribution in [0.4, 0.5) is 10.1 Å². The lowest BCUT2D eigenvalue weighted by atomic mass is 9.89. The lowest BCUT2D eigenvalue weighted by Crippen LogP contribution is -2.43. The Morgan fingerprint density at radius 2 is 1.71 bits per heavy atom. The molecular formula is C33H41ClFN5O2. The van der Waals surface area contributed by atoms with Gasteiger partial charge in [-0.15, -0.1) is 0 Å². The van der Waals surface area contributed by atoms with E-state index >= 15 is 4.39 Å². The fourth-order valence-electron chi connectivity index (χ4n) is 4.33. The van der Waals surface area contributed by atoms with Crippen LogP contribution in [-0.4, -0.2) is 39.8 Å². The number of carbonyl (C=O) groups is 2. The Bertz CT molecular complexity index is 1360. The minimum Gasteiger partial charge on any atom is -0.338 e. The molecule has 7 nitrogen and oxygen atoms in total. The molecule has 0 aliphatic carbocycles. The van der Waals surface area contributed by atoms with Crippen molar-refractivity contribution >= 4 is 29.1 Å². The fourth-order valence-corrected chi connectivity index (χ4v) is 4.44. The number of anilines is 1. The van der Waals surface area contributed by atoms with Gasteiger partial charge in [-0.2, -0.15) is 5.26 Å². The van der Waals surface area contributed by atoms with Crippen LogP contribution in [0.15, 0.2) is 48.8 Å². The monoisotopic (exact) mass is 593 g/mol. The van der Waals surface area contributed by atoms with Gasteiger partial charge in [0, 0.05) is 49.6 Å². The van der Waals surface area contributed by atoms with Gasteiger partial charge in [0.15, 0.2) is 5.67 Å². The maximum absolute atomic E-state index is 15.6. The first-order chi connectivity index (χ1) is 20.1. The average molecular weight is 594 g/mol. The zero-order valence-electron chi connectivity index (χ0n) is 25.4. The second-order valence-corrected chi connectivity index (χ2v) is 10.2. The van der Waals surface area contributed by atoms with Gasteiger partial charge >= 0.3 is 0 Å². The van der Waals surface area contributed by atoms with E-state index in [1.54, 1.807) is 23.1 Å². The van der Waals surface area contributed by atoms with Crippen LogP contribution in [-0.2, 0) is 12.1 Å². The van der Waals surface area contributed by atoms with Crippen LogP contribution in [0, 0.1) is 18.3 Å². The number of pyridine rings is 2. The number of hydrogen-bond donors (Lipinski definition) is 1. The van der Waals surface area contributed by atoms with Crippen molar-refractivity contribution in [2.45, 2.75) is 79.3 Å². The Labute approximate surface area is 254 Å². The standard InChI is InChI=1S/C27H25ClFN5O2.C4H10.C2H6/c1-3-19-12-17(2)21(13-22(19)33-25(35)20-5-7-24(28)32-16-20)26(36)34-10-8-27(29,9-11-34)23-6-4-18(14-30)15-31-23;1-3-4-2;1-2/h4-7,12-13,15-16H,3,8-11H2,1-2H3,(H,33,35);3-4H2,1-2H3;1-2H3. The van der Waals surface area contributed by atoms with Crippen molar-refractivity contribution in [1.82, 2.24) is 14.9 Å². The van der Waals surface area contributed by atoms with Crippen LogP contribution in [0.2, 0.25) is 5.15 Å². The minimum atomic E-state index is -1.66. The molecule has 0 saturated carbocycles. The van der Waals surface area contributed by atoms with Crippen molar-refractivity contribution in [2.24, 2.45) is 0 Å². The number of rotatable bonds is 6. The van der Waals surface area contributed by atoms with Crippen molar-refractivity contribution in [1.29, 1.82) is 5.26 Å². The predicted molar refractivity (Wildman–Crippen MR) is 167 cm³/mol. The number of halogens is 2. The molecule has 4 rings (SSSR count). The molecule has 1 aliphatic rings. The number of nitrogens with one attached hydrogen (secondary N) is 1. The topological polar surface area (TPSA) is 99.0 Å². The van der Waals surface area contributed by atoms with Gasteiger partial charge in [0.2, 0.25) is 0 Å². The van der Waals surface area contributed by atoms with Gasteiger partial charge in [0.25, 0.3) is 11.8 Å². The van der Waals surface area contributed by atoms with Gasteiger partial charge in [-0.25, -0.2) is 9.37 Å². The van der Waals surface area contributed by atoms with Crippen LogP contribution in [0.3, 0.4) is 0 Å². The highest BCUT2D eigenvalue weighted by molar-refractivity contribution is 6.29. The van der Waals surface area contributed by atoms with Gasteiger partial charge in [-0.1, -0.05) is 65.1 Å². The Morgan fingerprint density at radius 1 is 1.05 bits per heavy atom. The molecule has 0 radical (unpaired) electrons. The molecule has 42 heavy (non-hydrogen) atoms. The summed E-state index contributed by atoms with van der Waals surface area (Å²) in [6, 6.07) is 11.8. The Morgan fingerprint density at radius 3 is 2.21 bits per heavy atom. The predicted octanol–water partition coefficient (Wildman–Crippen LogP) is 8.06. The van der Waals surface area contributed by atoms with Gasteiger partial charge in [-0.3, -0.25) is 14.6 Å². The molecule has 3 heterocycles.